The Bertz CT molecular complexity index is 931. The molecule has 2 fully saturated rings. The van der Waals surface area contributed by atoms with Gasteiger partial charge in [0.2, 0.25) is 0 Å². The Morgan fingerprint density at radius 3 is 2.73 bits per heavy atom. The molecular formula is C21H25N5. The van der Waals surface area contributed by atoms with Gasteiger partial charge in [-0.25, -0.2) is 9.97 Å². The molecule has 4 heterocycles. The van der Waals surface area contributed by atoms with Crippen LogP contribution in [0.2, 0.25) is 0 Å². The summed E-state index contributed by atoms with van der Waals surface area (Å²) in [6.45, 7) is 9.00. The van der Waals surface area contributed by atoms with Crippen molar-refractivity contribution in [2.45, 2.75) is 20.3 Å². The molecule has 26 heavy (non-hydrogen) atoms. The van der Waals surface area contributed by atoms with Crippen LogP contribution in [0.3, 0.4) is 0 Å². The molecule has 0 aliphatic carbocycles. The van der Waals surface area contributed by atoms with E-state index in [1.54, 1.807) is 6.33 Å². The fourth-order valence-corrected chi connectivity index (χ4v) is 4.81. The van der Waals surface area contributed by atoms with Crippen LogP contribution in [-0.2, 0) is 0 Å². The third kappa shape index (κ3) is 2.45. The molecule has 5 rings (SSSR count). The summed E-state index contributed by atoms with van der Waals surface area (Å²) in [5.41, 5.74) is 3.89. The van der Waals surface area contributed by atoms with Crippen molar-refractivity contribution < 1.29 is 0 Å². The Labute approximate surface area is 154 Å². The van der Waals surface area contributed by atoms with Gasteiger partial charge >= 0.3 is 0 Å². The first kappa shape index (κ1) is 15.7. The van der Waals surface area contributed by atoms with Gasteiger partial charge in [0.05, 0.1) is 5.39 Å². The number of piperidine rings is 1. The second-order valence-corrected chi connectivity index (χ2v) is 8.21. The molecule has 1 N–H and O–H groups in total. The van der Waals surface area contributed by atoms with Crippen molar-refractivity contribution in [1.82, 2.24) is 15.0 Å². The van der Waals surface area contributed by atoms with Crippen molar-refractivity contribution in [2.24, 2.45) is 11.3 Å². The summed E-state index contributed by atoms with van der Waals surface area (Å²) in [7, 11) is 0. The van der Waals surface area contributed by atoms with Crippen LogP contribution in [0.4, 0.5) is 11.5 Å². The van der Waals surface area contributed by atoms with E-state index in [1.807, 2.05) is 6.20 Å². The van der Waals surface area contributed by atoms with Crippen molar-refractivity contribution in [3.8, 4) is 0 Å². The number of benzene rings is 1. The third-order valence-electron chi connectivity index (χ3n) is 6.31. The van der Waals surface area contributed by atoms with Crippen LogP contribution < -0.4 is 9.80 Å². The average Bonchev–Trinajstić information content (AvgIpc) is 3.25. The van der Waals surface area contributed by atoms with Crippen molar-refractivity contribution in [1.29, 1.82) is 0 Å². The minimum atomic E-state index is 0.288. The molecule has 0 spiro atoms. The van der Waals surface area contributed by atoms with Crippen LogP contribution in [0, 0.1) is 18.3 Å². The number of hydrogen-bond acceptors (Lipinski definition) is 4. The van der Waals surface area contributed by atoms with Crippen LogP contribution in [0.25, 0.3) is 11.0 Å². The number of aryl methyl sites for hydroxylation is 1. The van der Waals surface area contributed by atoms with Gasteiger partial charge in [0.25, 0.3) is 0 Å². The van der Waals surface area contributed by atoms with E-state index in [0.717, 1.165) is 48.9 Å². The zero-order valence-electron chi connectivity index (χ0n) is 15.4. The van der Waals surface area contributed by atoms with E-state index in [2.05, 4.69) is 68.9 Å². The summed E-state index contributed by atoms with van der Waals surface area (Å²) in [6, 6.07) is 11.1. The first-order valence-electron chi connectivity index (χ1n) is 9.47. The predicted molar refractivity (Wildman–Crippen MR) is 106 cm³/mol. The van der Waals surface area contributed by atoms with Crippen LogP contribution in [0.1, 0.15) is 18.9 Å². The molecule has 5 heteroatoms. The molecule has 2 unspecified atom stereocenters. The van der Waals surface area contributed by atoms with Gasteiger partial charge in [-0.1, -0.05) is 24.6 Å². The molecule has 2 atom stereocenters. The molecule has 5 nitrogen and oxygen atoms in total. The van der Waals surface area contributed by atoms with Crippen molar-refractivity contribution in [3.63, 3.8) is 0 Å². The number of hydrogen-bond donors (Lipinski definition) is 1. The predicted octanol–water partition coefficient (Wildman–Crippen LogP) is 3.62. The molecule has 2 aromatic heterocycles. The topological polar surface area (TPSA) is 48.1 Å². The highest BCUT2D eigenvalue weighted by atomic mass is 15.3. The standard InChI is InChI=1S/C21H25N5/c1-15-3-5-17(6-4-15)26-11-16-8-10-25(12-21(16,2)13-26)20-18-7-9-22-19(18)23-14-24-20/h3-7,9,14,16H,8,10-13H2,1-2H3,(H,22,23,24). The maximum absolute atomic E-state index is 4.62. The lowest BCUT2D eigenvalue weighted by molar-refractivity contribution is 0.216. The van der Waals surface area contributed by atoms with E-state index in [-0.39, 0.29) is 5.41 Å². The molecule has 0 bridgehead atoms. The number of rotatable bonds is 2. The lowest BCUT2D eigenvalue weighted by Crippen LogP contribution is -2.47. The highest BCUT2D eigenvalue weighted by Crippen LogP contribution is 2.44. The quantitative estimate of drug-likeness (QED) is 0.769. The Hall–Kier alpha value is -2.56. The van der Waals surface area contributed by atoms with E-state index in [1.165, 1.54) is 17.7 Å². The number of nitrogens with zero attached hydrogens (tertiary/aromatic N) is 4. The largest absolute Gasteiger partial charge is 0.371 e. The van der Waals surface area contributed by atoms with Crippen molar-refractivity contribution in [2.75, 3.05) is 36.0 Å². The molecule has 0 radical (unpaired) electrons. The van der Waals surface area contributed by atoms with Crippen LogP contribution in [0.15, 0.2) is 42.9 Å². The van der Waals surface area contributed by atoms with E-state index < -0.39 is 0 Å². The van der Waals surface area contributed by atoms with Gasteiger partial charge < -0.3 is 14.8 Å². The molecule has 1 aromatic carbocycles. The van der Waals surface area contributed by atoms with Gasteiger partial charge in [0.1, 0.15) is 17.8 Å². The maximum atomic E-state index is 4.62. The van der Waals surface area contributed by atoms with Crippen LogP contribution in [-0.4, -0.2) is 41.1 Å². The molecular weight excluding hydrogens is 322 g/mol. The fraction of sp³-hybridized carbons (Fsp3) is 0.429. The van der Waals surface area contributed by atoms with Gasteiger partial charge in [-0.05, 0) is 37.5 Å². The first-order chi connectivity index (χ1) is 12.6. The number of aromatic amines is 1. The molecule has 0 amide bonds. The van der Waals surface area contributed by atoms with E-state index in [0.29, 0.717) is 0 Å². The summed E-state index contributed by atoms with van der Waals surface area (Å²) in [4.78, 5) is 17.2. The van der Waals surface area contributed by atoms with Crippen molar-refractivity contribution in [3.05, 3.63) is 48.4 Å². The molecule has 3 aromatic rings. The van der Waals surface area contributed by atoms with E-state index in [9.17, 15) is 0 Å². The van der Waals surface area contributed by atoms with Gasteiger partial charge in [-0.15, -0.1) is 0 Å². The van der Waals surface area contributed by atoms with E-state index in [4.69, 9.17) is 0 Å². The molecule has 2 aliphatic heterocycles. The zero-order chi connectivity index (χ0) is 17.7. The van der Waals surface area contributed by atoms with Gasteiger partial charge in [-0.2, -0.15) is 0 Å². The van der Waals surface area contributed by atoms with Crippen molar-refractivity contribution >= 4 is 22.5 Å². The van der Waals surface area contributed by atoms with E-state index >= 15 is 0 Å². The lowest BCUT2D eigenvalue weighted by atomic mass is 9.75. The molecule has 0 saturated carbocycles. The summed E-state index contributed by atoms with van der Waals surface area (Å²) < 4.78 is 0. The highest BCUT2D eigenvalue weighted by Gasteiger charge is 2.46. The second kappa shape index (κ2) is 5.73. The SMILES string of the molecule is Cc1ccc(N2CC3CCN(c4ncnc5[nH]ccc45)CC3(C)C2)cc1. The summed E-state index contributed by atoms with van der Waals surface area (Å²) >= 11 is 0. The van der Waals surface area contributed by atoms with Crippen LogP contribution in [0.5, 0.6) is 0 Å². The fourth-order valence-electron chi connectivity index (χ4n) is 4.81. The second-order valence-electron chi connectivity index (χ2n) is 8.21. The Morgan fingerprint density at radius 2 is 1.88 bits per heavy atom. The van der Waals surface area contributed by atoms with Gasteiger partial charge in [0, 0.05) is 43.5 Å². The van der Waals surface area contributed by atoms with Crippen LogP contribution >= 0.6 is 0 Å². The summed E-state index contributed by atoms with van der Waals surface area (Å²) in [5, 5.41) is 1.13. The zero-order valence-corrected chi connectivity index (χ0v) is 15.4. The van der Waals surface area contributed by atoms with Gasteiger partial charge in [-0.3, -0.25) is 0 Å². The smallest absolute Gasteiger partial charge is 0.142 e. The summed E-state index contributed by atoms with van der Waals surface area (Å²) in [6.07, 6.45) is 4.84. The van der Waals surface area contributed by atoms with Gasteiger partial charge in [0.15, 0.2) is 0 Å². The normalized spacial score (nSPS) is 25.7. The average molecular weight is 347 g/mol. The first-order valence-corrected chi connectivity index (χ1v) is 9.47. The number of nitrogens with one attached hydrogen (secondary N) is 1. The Morgan fingerprint density at radius 1 is 1.08 bits per heavy atom. The number of H-pyrrole nitrogens is 1. The Balaban J connectivity index is 1.41. The maximum Gasteiger partial charge on any atom is 0.142 e. The molecule has 2 saturated heterocycles. The lowest BCUT2D eigenvalue weighted by Gasteiger charge is -2.42. The number of aromatic nitrogens is 3. The third-order valence-corrected chi connectivity index (χ3v) is 6.31. The Kier molecular flexibility index (Phi) is 3.45. The highest BCUT2D eigenvalue weighted by molar-refractivity contribution is 5.87. The number of anilines is 2. The number of fused-ring (bicyclic) bond motifs is 2. The molecule has 134 valence electrons. The minimum absolute atomic E-state index is 0.288. The summed E-state index contributed by atoms with van der Waals surface area (Å²) in [5.74, 6) is 1.81. The minimum Gasteiger partial charge on any atom is -0.371 e. The molecule has 2 aliphatic rings. The monoisotopic (exact) mass is 347 g/mol.